The normalized spacial score (nSPS) is 10.1. The number of aryl methyl sites for hydroxylation is 1. The highest BCUT2D eigenvalue weighted by atomic mass is 15.1. The highest BCUT2D eigenvalue weighted by Gasteiger charge is 1.95. The van der Waals surface area contributed by atoms with Crippen molar-refractivity contribution in [3.05, 3.63) is 42.0 Å². The highest BCUT2D eigenvalue weighted by Crippen LogP contribution is 2.08. The molecule has 0 unspecified atom stereocenters. The van der Waals surface area contributed by atoms with E-state index >= 15 is 0 Å². The van der Waals surface area contributed by atoms with Gasteiger partial charge in [-0.2, -0.15) is 5.10 Å². The number of aromatic nitrogens is 3. The van der Waals surface area contributed by atoms with Gasteiger partial charge in [-0.3, -0.25) is 10.1 Å². The van der Waals surface area contributed by atoms with Crippen molar-refractivity contribution in [1.82, 2.24) is 15.2 Å². The second-order valence-electron chi connectivity index (χ2n) is 3.19. The van der Waals surface area contributed by atoms with Gasteiger partial charge in [-0.15, -0.1) is 0 Å². The Kier molecular flexibility index (Phi) is 2.44. The smallest absolute Gasteiger partial charge is 0.0568 e. The van der Waals surface area contributed by atoms with E-state index in [1.807, 2.05) is 25.4 Å². The van der Waals surface area contributed by atoms with Crippen LogP contribution in [-0.2, 0) is 6.54 Å². The Morgan fingerprint density at radius 3 is 3.07 bits per heavy atom. The maximum Gasteiger partial charge on any atom is 0.0568 e. The van der Waals surface area contributed by atoms with Crippen LogP contribution in [0.5, 0.6) is 0 Å². The lowest BCUT2D eigenvalue weighted by molar-refractivity contribution is 0.979. The molecule has 4 heteroatoms. The predicted molar refractivity (Wildman–Crippen MR) is 54.9 cm³/mol. The summed E-state index contributed by atoms with van der Waals surface area (Å²) in [4.78, 5) is 4.10. The number of H-pyrrole nitrogens is 1. The summed E-state index contributed by atoms with van der Waals surface area (Å²) < 4.78 is 0. The molecule has 4 nitrogen and oxygen atoms in total. The molecule has 0 aliphatic heterocycles. The molecule has 0 radical (unpaired) electrons. The number of anilines is 1. The Morgan fingerprint density at radius 2 is 2.36 bits per heavy atom. The minimum absolute atomic E-state index is 0.741. The zero-order valence-corrected chi connectivity index (χ0v) is 7.99. The number of nitrogens with zero attached hydrogens (tertiary/aromatic N) is 2. The molecule has 0 atom stereocenters. The second-order valence-corrected chi connectivity index (χ2v) is 3.19. The topological polar surface area (TPSA) is 53.6 Å². The van der Waals surface area contributed by atoms with E-state index in [2.05, 4.69) is 26.6 Å². The lowest BCUT2D eigenvalue weighted by Gasteiger charge is -2.04. The number of hydrogen-bond donors (Lipinski definition) is 2. The molecule has 0 saturated carbocycles. The molecule has 2 N–H and O–H groups in total. The van der Waals surface area contributed by atoms with Gasteiger partial charge in [0.25, 0.3) is 0 Å². The lowest BCUT2D eigenvalue weighted by Crippen LogP contribution is -2.00. The molecule has 0 amide bonds. The van der Waals surface area contributed by atoms with Gasteiger partial charge in [-0.1, -0.05) is 0 Å². The van der Waals surface area contributed by atoms with E-state index in [-0.39, 0.29) is 0 Å². The monoisotopic (exact) mass is 188 g/mol. The summed E-state index contributed by atoms with van der Waals surface area (Å²) in [7, 11) is 0. The Hall–Kier alpha value is -1.84. The van der Waals surface area contributed by atoms with Crippen LogP contribution in [0.2, 0.25) is 0 Å². The van der Waals surface area contributed by atoms with Gasteiger partial charge in [0.15, 0.2) is 0 Å². The van der Waals surface area contributed by atoms with Gasteiger partial charge >= 0.3 is 0 Å². The zero-order chi connectivity index (χ0) is 9.80. The molecule has 2 aromatic rings. The van der Waals surface area contributed by atoms with Crippen molar-refractivity contribution in [3.8, 4) is 0 Å². The number of aromatic amines is 1. The third-order valence-corrected chi connectivity index (χ3v) is 1.92. The fraction of sp³-hybridized carbons (Fsp3) is 0.200. The van der Waals surface area contributed by atoms with Crippen LogP contribution in [0.3, 0.4) is 0 Å². The molecule has 0 spiro atoms. The molecule has 72 valence electrons. The average molecular weight is 188 g/mol. The van der Waals surface area contributed by atoms with E-state index in [4.69, 9.17) is 0 Å². The molecular formula is C10H12N4. The molecule has 0 fully saturated rings. The molecule has 0 bridgehead atoms. The summed E-state index contributed by atoms with van der Waals surface area (Å²) in [5, 5.41) is 10.0. The van der Waals surface area contributed by atoms with Crippen LogP contribution in [0.15, 0.2) is 30.7 Å². The van der Waals surface area contributed by atoms with Crippen molar-refractivity contribution in [2.45, 2.75) is 13.5 Å². The zero-order valence-electron chi connectivity index (χ0n) is 7.99. The third kappa shape index (κ3) is 2.10. The summed E-state index contributed by atoms with van der Waals surface area (Å²) >= 11 is 0. The summed E-state index contributed by atoms with van der Waals surface area (Å²) in [6, 6.07) is 4.00. The second kappa shape index (κ2) is 3.91. The number of nitrogens with one attached hydrogen (secondary N) is 2. The first-order chi connectivity index (χ1) is 6.84. The van der Waals surface area contributed by atoms with Gasteiger partial charge in [0.1, 0.15) is 0 Å². The fourth-order valence-corrected chi connectivity index (χ4v) is 1.23. The summed E-state index contributed by atoms with van der Waals surface area (Å²) in [5.41, 5.74) is 3.24. The lowest BCUT2D eigenvalue weighted by atomic mass is 10.3. The van der Waals surface area contributed by atoms with Gasteiger partial charge in [0.2, 0.25) is 0 Å². The number of hydrogen-bond acceptors (Lipinski definition) is 3. The molecule has 0 aliphatic carbocycles. The van der Waals surface area contributed by atoms with E-state index in [9.17, 15) is 0 Å². The Morgan fingerprint density at radius 1 is 1.43 bits per heavy atom. The summed E-state index contributed by atoms with van der Waals surface area (Å²) in [6.07, 6.45) is 5.39. The Balaban J connectivity index is 1.98. The van der Waals surface area contributed by atoms with Crippen LogP contribution in [0.1, 0.15) is 11.3 Å². The van der Waals surface area contributed by atoms with E-state index < -0.39 is 0 Å². The van der Waals surface area contributed by atoms with Crippen LogP contribution < -0.4 is 5.32 Å². The summed E-state index contributed by atoms with van der Waals surface area (Å²) in [6.45, 7) is 2.76. The standard InChI is InChI=1S/C10H12N4/c1-8-4-10(6-11-5-8)12-7-9-2-3-13-14-9/h2-6,12H,7H2,1H3,(H,13,14). The van der Waals surface area contributed by atoms with E-state index in [0.29, 0.717) is 0 Å². The van der Waals surface area contributed by atoms with Crippen molar-refractivity contribution in [1.29, 1.82) is 0 Å². The molecule has 2 rings (SSSR count). The quantitative estimate of drug-likeness (QED) is 0.771. The van der Waals surface area contributed by atoms with E-state index in [1.54, 1.807) is 6.20 Å². The number of rotatable bonds is 3. The van der Waals surface area contributed by atoms with Gasteiger partial charge in [-0.05, 0) is 24.6 Å². The average Bonchev–Trinajstić information content (AvgIpc) is 2.67. The molecule has 14 heavy (non-hydrogen) atoms. The fourth-order valence-electron chi connectivity index (χ4n) is 1.23. The van der Waals surface area contributed by atoms with Crippen LogP contribution in [0.4, 0.5) is 5.69 Å². The minimum atomic E-state index is 0.741. The molecule has 0 saturated heterocycles. The number of pyridine rings is 1. The minimum Gasteiger partial charge on any atom is -0.378 e. The van der Waals surface area contributed by atoms with Gasteiger partial charge in [-0.25, -0.2) is 0 Å². The van der Waals surface area contributed by atoms with Crippen molar-refractivity contribution >= 4 is 5.69 Å². The van der Waals surface area contributed by atoms with Crippen molar-refractivity contribution in [2.75, 3.05) is 5.32 Å². The SMILES string of the molecule is Cc1cncc(NCc2ccn[nH]2)c1. The van der Waals surface area contributed by atoms with Crippen LogP contribution in [0, 0.1) is 6.92 Å². The predicted octanol–water partition coefficient (Wildman–Crippen LogP) is 1.73. The molecule has 0 aliphatic rings. The van der Waals surface area contributed by atoms with Crippen LogP contribution in [-0.4, -0.2) is 15.2 Å². The van der Waals surface area contributed by atoms with Gasteiger partial charge in [0.05, 0.1) is 17.9 Å². The van der Waals surface area contributed by atoms with Crippen LogP contribution >= 0.6 is 0 Å². The van der Waals surface area contributed by atoms with E-state index in [1.165, 1.54) is 0 Å². The largest absolute Gasteiger partial charge is 0.378 e. The first kappa shape index (κ1) is 8.74. The van der Waals surface area contributed by atoms with Crippen molar-refractivity contribution in [2.24, 2.45) is 0 Å². The highest BCUT2D eigenvalue weighted by molar-refractivity contribution is 5.42. The maximum absolute atomic E-state index is 4.10. The first-order valence-corrected chi connectivity index (χ1v) is 4.48. The molecule has 2 aromatic heterocycles. The summed E-state index contributed by atoms with van der Waals surface area (Å²) in [5.74, 6) is 0. The van der Waals surface area contributed by atoms with Gasteiger partial charge in [0, 0.05) is 18.6 Å². The van der Waals surface area contributed by atoms with E-state index in [0.717, 1.165) is 23.5 Å². The molecule has 0 aromatic carbocycles. The first-order valence-electron chi connectivity index (χ1n) is 4.48. The van der Waals surface area contributed by atoms with Crippen LogP contribution in [0.25, 0.3) is 0 Å². The Labute approximate surface area is 82.4 Å². The third-order valence-electron chi connectivity index (χ3n) is 1.92. The molecular weight excluding hydrogens is 176 g/mol. The Bertz CT molecular complexity index is 394. The molecule has 2 heterocycles. The van der Waals surface area contributed by atoms with Gasteiger partial charge < -0.3 is 5.32 Å². The van der Waals surface area contributed by atoms with Crippen molar-refractivity contribution in [3.63, 3.8) is 0 Å². The van der Waals surface area contributed by atoms with Crippen molar-refractivity contribution < 1.29 is 0 Å². The maximum atomic E-state index is 4.10.